The van der Waals surface area contributed by atoms with Crippen molar-refractivity contribution in [1.82, 2.24) is 5.32 Å². The van der Waals surface area contributed by atoms with E-state index >= 15 is 0 Å². The van der Waals surface area contributed by atoms with Gasteiger partial charge in [0.2, 0.25) is 0 Å². The van der Waals surface area contributed by atoms with Gasteiger partial charge in [-0.25, -0.2) is 8.42 Å². The van der Waals surface area contributed by atoms with Gasteiger partial charge in [0.05, 0.1) is 4.90 Å². The summed E-state index contributed by atoms with van der Waals surface area (Å²) in [6, 6.07) is 15.1. The summed E-state index contributed by atoms with van der Waals surface area (Å²) in [6.07, 6.45) is 1.22. The third-order valence-corrected chi connectivity index (χ3v) is 4.52. The van der Waals surface area contributed by atoms with Crippen LogP contribution in [0, 0.1) is 0 Å². The van der Waals surface area contributed by atoms with Crippen LogP contribution in [0.5, 0.6) is 0 Å². The molecule has 0 atom stereocenters. The first kappa shape index (κ1) is 15.2. The van der Waals surface area contributed by atoms with E-state index in [-0.39, 0.29) is 0 Å². The van der Waals surface area contributed by atoms with E-state index in [4.69, 9.17) is 0 Å². The Morgan fingerprint density at radius 1 is 1.00 bits per heavy atom. The Bertz CT molecular complexity index is 681. The van der Waals surface area contributed by atoms with E-state index in [2.05, 4.69) is 33.4 Å². The van der Waals surface area contributed by atoms with Gasteiger partial charge in [-0.15, -0.1) is 0 Å². The molecule has 2 aromatic rings. The van der Waals surface area contributed by atoms with Crippen LogP contribution in [0.15, 0.2) is 57.9 Å². The van der Waals surface area contributed by atoms with Crippen LogP contribution in [0.25, 0.3) is 0 Å². The Morgan fingerprint density at radius 3 is 2.25 bits per heavy atom. The van der Waals surface area contributed by atoms with Gasteiger partial charge in [0, 0.05) is 23.8 Å². The molecule has 0 aliphatic rings. The zero-order valence-corrected chi connectivity index (χ0v) is 13.5. The highest BCUT2D eigenvalue weighted by atomic mass is 79.9. The Morgan fingerprint density at radius 2 is 1.65 bits per heavy atom. The van der Waals surface area contributed by atoms with Gasteiger partial charge in [-0.2, -0.15) is 0 Å². The van der Waals surface area contributed by atoms with Gasteiger partial charge < -0.3 is 5.32 Å². The fourth-order valence-electron chi connectivity index (χ4n) is 1.85. The molecule has 0 spiro atoms. The Labute approximate surface area is 128 Å². The van der Waals surface area contributed by atoms with Crippen LogP contribution in [0.2, 0.25) is 0 Å². The molecule has 0 saturated carbocycles. The molecular weight excluding hydrogens is 338 g/mol. The first-order valence-electron chi connectivity index (χ1n) is 6.19. The van der Waals surface area contributed by atoms with Gasteiger partial charge in [-0.05, 0) is 35.4 Å². The topological polar surface area (TPSA) is 46.2 Å². The predicted molar refractivity (Wildman–Crippen MR) is 84.2 cm³/mol. The number of halogens is 1. The average Bonchev–Trinajstić information content (AvgIpc) is 2.38. The lowest BCUT2D eigenvalue weighted by atomic mass is 10.2. The SMILES string of the molecule is CS(=O)(=O)c1ccc(CNCc2cccc(Br)c2)cc1. The highest BCUT2D eigenvalue weighted by Gasteiger charge is 2.05. The quantitative estimate of drug-likeness (QED) is 0.897. The van der Waals surface area contributed by atoms with Crippen LogP contribution in [0.1, 0.15) is 11.1 Å². The molecule has 0 aliphatic carbocycles. The van der Waals surface area contributed by atoms with Crippen molar-refractivity contribution in [2.45, 2.75) is 18.0 Å². The summed E-state index contributed by atoms with van der Waals surface area (Å²) in [5, 5.41) is 3.33. The molecule has 0 bridgehead atoms. The fraction of sp³-hybridized carbons (Fsp3) is 0.200. The number of hydrogen-bond donors (Lipinski definition) is 1. The van der Waals surface area contributed by atoms with E-state index in [9.17, 15) is 8.42 Å². The number of rotatable bonds is 5. The van der Waals surface area contributed by atoms with Crippen molar-refractivity contribution in [2.75, 3.05) is 6.26 Å². The summed E-state index contributed by atoms with van der Waals surface area (Å²) in [4.78, 5) is 0.355. The summed E-state index contributed by atoms with van der Waals surface area (Å²) in [7, 11) is -3.11. The summed E-state index contributed by atoms with van der Waals surface area (Å²) in [6.45, 7) is 1.48. The standard InChI is InChI=1S/C15H16BrNO2S/c1-20(18,19)15-7-5-12(6-8-15)10-17-11-13-3-2-4-14(16)9-13/h2-9,17H,10-11H2,1H3. The number of sulfone groups is 1. The fourth-order valence-corrected chi connectivity index (χ4v) is 2.93. The van der Waals surface area contributed by atoms with Crippen molar-refractivity contribution in [1.29, 1.82) is 0 Å². The largest absolute Gasteiger partial charge is 0.309 e. The first-order valence-corrected chi connectivity index (χ1v) is 8.88. The third kappa shape index (κ3) is 4.44. The lowest BCUT2D eigenvalue weighted by Crippen LogP contribution is -2.12. The van der Waals surface area contributed by atoms with Gasteiger partial charge in [-0.1, -0.05) is 40.2 Å². The molecule has 5 heteroatoms. The monoisotopic (exact) mass is 353 g/mol. The van der Waals surface area contributed by atoms with Crippen LogP contribution in [0.3, 0.4) is 0 Å². The first-order chi connectivity index (χ1) is 9.45. The van der Waals surface area contributed by atoms with Gasteiger partial charge in [-0.3, -0.25) is 0 Å². The normalized spacial score (nSPS) is 11.5. The van der Waals surface area contributed by atoms with Crippen molar-refractivity contribution >= 4 is 25.8 Å². The van der Waals surface area contributed by atoms with Crippen LogP contribution in [0.4, 0.5) is 0 Å². The van der Waals surface area contributed by atoms with Crippen LogP contribution < -0.4 is 5.32 Å². The molecule has 0 saturated heterocycles. The van der Waals surface area contributed by atoms with Crippen LogP contribution in [-0.4, -0.2) is 14.7 Å². The molecule has 3 nitrogen and oxygen atoms in total. The minimum atomic E-state index is -3.11. The Kier molecular flexibility index (Phi) is 4.96. The van der Waals surface area contributed by atoms with Crippen LogP contribution >= 0.6 is 15.9 Å². The summed E-state index contributed by atoms with van der Waals surface area (Å²) in [5.74, 6) is 0. The van der Waals surface area contributed by atoms with E-state index in [0.717, 1.165) is 16.6 Å². The molecule has 2 rings (SSSR count). The molecular formula is C15H16BrNO2S. The van der Waals surface area contributed by atoms with E-state index < -0.39 is 9.84 Å². The molecule has 106 valence electrons. The van der Waals surface area contributed by atoms with Gasteiger partial charge in [0.25, 0.3) is 0 Å². The van der Waals surface area contributed by atoms with Crippen molar-refractivity contribution < 1.29 is 8.42 Å². The smallest absolute Gasteiger partial charge is 0.175 e. The molecule has 0 fully saturated rings. The van der Waals surface area contributed by atoms with Gasteiger partial charge in [0.1, 0.15) is 0 Å². The second-order valence-corrected chi connectivity index (χ2v) is 7.58. The van der Waals surface area contributed by atoms with Crippen molar-refractivity contribution in [3.63, 3.8) is 0 Å². The number of nitrogens with one attached hydrogen (secondary N) is 1. The highest BCUT2D eigenvalue weighted by Crippen LogP contribution is 2.12. The molecule has 0 heterocycles. The van der Waals surface area contributed by atoms with Crippen molar-refractivity contribution in [2.24, 2.45) is 0 Å². The molecule has 0 aliphatic heterocycles. The number of benzene rings is 2. The van der Waals surface area contributed by atoms with Gasteiger partial charge in [0.15, 0.2) is 9.84 Å². The number of hydrogen-bond acceptors (Lipinski definition) is 3. The lowest BCUT2D eigenvalue weighted by Gasteiger charge is -2.06. The molecule has 0 aromatic heterocycles. The average molecular weight is 354 g/mol. The molecule has 1 N–H and O–H groups in total. The molecule has 0 unspecified atom stereocenters. The summed E-state index contributed by atoms with van der Waals surface area (Å²) < 4.78 is 23.8. The lowest BCUT2D eigenvalue weighted by molar-refractivity contribution is 0.602. The van der Waals surface area contributed by atoms with Gasteiger partial charge >= 0.3 is 0 Å². The second-order valence-electron chi connectivity index (χ2n) is 4.65. The van der Waals surface area contributed by atoms with E-state index in [1.165, 1.54) is 11.8 Å². The van der Waals surface area contributed by atoms with Crippen LogP contribution in [-0.2, 0) is 22.9 Å². The highest BCUT2D eigenvalue weighted by molar-refractivity contribution is 9.10. The molecule has 20 heavy (non-hydrogen) atoms. The second kappa shape index (κ2) is 6.52. The van der Waals surface area contributed by atoms with E-state index in [0.29, 0.717) is 11.4 Å². The molecule has 2 aromatic carbocycles. The Balaban J connectivity index is 1.92. The third-order valence-electron chi connectivity index (χ3n) is 2.90. The molecule has 0 radical (unpaired) electrons. The summed E-state index contributed by atoms with van der Waals surface area (Å²) >= 11 is 3.44. The molecule has 0 amide bonds. The summed E-state index contributed by atoms with van der Waals surface area (Å²) in [5.41, 5.74) is 2.26. The maximum atomic E-state index is 11.4. The van der Waals surface area contributed by atoms with Crippen molar-refractivity contribution in [3.8, 4) is 0 Å². The zero-order valence-electron chi connectivity index (χ0n) is 11.1. The maximum absolute atomic E-state index is 11.4. The zero-order chi connectivity index (χ0) is 14.6. The van der Waals surface area contributed by atoms with E-state index in [1.807, 2.05) is 24.3 Å². The maximum Gasteiger partial charge on any atom is 0.175 e. The minimum absolute atomic E-state index is 0.355. The van der Waals surface area contributed by atoms with E-state index in [1.54, 1.807) is 12.1 Å². The minimum Gasteiger partial charge on any atom is -0.309 e. The Hall–Kier alpha value is -1.17. The van der Waals surface area contributed by atoms with Crippen molar-refractivity contribution in [3.05, 3.63) is 64.1 Å². The predicted octanol–water partition coefficient (Wildman–Crippen LogP) is 3.14.